The van der Waals surface area contributed by atoms with Crippen LogP contribution in [0.15, 0.2) is 18.2 Å². The van der Waals surface area contributed by atoms with E-state index in [2.05, 4.69) is 21.6 Å². The fourth-order valence-electron chi connectivity index (χ4n) is 5.68. The zero-order chi connectivity index (χ0) is 20.0. The Morgan fingerprint density at radius 1 is 1.14 bits per heavy atom. The minimum Gasteiger partial charge on any atom is -0.322 e. The number of carbonyl (C=O) groups excluding carboxylic acids is 3. The summed E-state index contributed by atoms with van der Waals surface area (Å²) >= 11 is 0. The lowest BCUT2D eigenvalue weighted by molar-refractivity contribution is -0.136. The van der Waals surface area contributed by atoms with Gasteiger partial charge < -0.3 is 10.2 Å². The Balaban J connectivity index is 1.40. The number of nitrogens with one attached hydrogen (secondary N) is 2. The Morgan fingerprint density at radius 3 is 2.76 bits per heavy atom. The number of piperidine rings is 1. The molecule has 1 unspecified atom stereocenters. The first-order valence-electron chi connectivity index (χ1n) is 10.8. The number of rotatable bonds is 3. The smallest absolute Gasteiger partial charge is 0.255 e. The first kappa shape index (κ1) is 18.8. The Hall–Kier alpha value is -2.25. The molecule has 154 valence electrons. The second-order valence-electron chi connectivity index (χ2n) is 8.88. The fraction of sp³-hybridized carbons (Fsp3) is 0.591. The molecule has 7 heteroatoms. The van der Waals surface area contributed by atoms with Gasteiger partial charge in [0.15, 0.2) is 0 Å². The van der Waals surface area contributed by atoms with Crippen LogP contribution in [0.4, 0.5) is 0 Å². The van der Waals surface area contributed by atoms with Crippen LogP contribution in [0.5, 0.6) is 0 Å². The molecule has 29 heavy (non-hydrogen) atoms. The van der Waals surface area contributed by atoms with E-state index in [1.54, 1.807) is 4.90 Å². The van der Waals surface area contributed by atoms with Gasteiger partial charge in [-0.05, 0) is 30.4 Å². The molecule has 1 spiro atoms. The molecule has 4 aliphatic rings. The molecule has 1 aliphatic carbocycles. The highest BCUT2D eigenvalue weighted by molar-refractivity contribution is 6.06. The van der Waals surface area contributed by atoms with Crippen molar-refractivity contribution in [1.29, 1.82) is 0 Å². The quantitative estimate of drug-likeness (QED) is 0.750. The maximum atomic E-state index is 13.3. The van der Waals surface area contributed by atoms with Crippen molar-refractivity contribution in [3.05, 3.63) is 34.9 Å². The fourth-order valence-corrected chi connectivity index (χ4v) is 5.68. The SMILES string of the molecule is O=C1CCC(N2Cc3cccc(CN4CCNCC45CCCC5)c3C2=O)C(=O)N1. The number of amides is 3. The van der Waals surface area contributed by atoms with Gasteiger partial charge in [-0.15, -0.1) is 0 Å². The minimum absolute atomic E-state index is 0.0688. The van der Waals surface area contributed by atoms with Gasteiger partial charge in [0, 0.05) is 50.2 Å². The van der Waals surface area contributed by atoms with Gasteiger partial charge in [-0.2, -0.15) is 0 Å². The predicted octanol–water partition coefficient (Wildman–Crippen LogP) is 1.17. The summed E-state index contributed by atoms with van der Waals surface area (Å²) in [7, 11) is 0. The highest BCUT2D eigenvalue weighted by Crippen LogP contribution is 2.38. The molecule has 5 rings (SSSR count). The molecular weight excluding hydrogens is 368 g/mol. The van der Waals surface area contributed by atoms with Crippen molar-refractivity contribution < 1.29 is 14.4 Å². The summed E-state index contributed by atoms with van der Waals surface area (Å²) in [5.41, 5.74) is 3.04. The van der Waals surface area contributed by atoms with E-state index in [9.17, 15) is 14.4 Å². The topological polar surface area (TPSA) is 81.8 Å². The predicted molar refractivity (Wildman–Crippen MR) is 107 cm³/mol. The lowest BCUT2D eigenvalue weighted by Crippen LogP contribution is -2.59. The van der Waals surface area contributed by atoms with E-state index in [4.69, 9.17) is 0 Å². The summed E-state index contributed by atoms with van der Waals surface area (Å²) in [6, 6.07) is 5.53. The van der Waals surface area contributed by atoms with Crippen LogP contribution < -0.4 is 10.6 Å². The van der Waals surface area contributed by atoms with Crippen LogP contribution >= 0.6 is 0 Å². The van der Waals surface area contributed by atoms with Gasteiger partial charge in [-0.1, -0.05) is 31.0 Å². The Morgan fingerprint density at radius 2 is 1.97 bits per heavy atom. The van der Waals surface area contributed by atoms with Gasteiger partial charge in [0.2, 0.25) is 11.8 Å². The standard InChI is InChI=1S/C22H28N4O3/c27-18-7-6-17(20(28)24-18)26-13-16-5-3-4-15(19(16)21(26)29)12-25-11-10-23-14-22(25)8-1-2-9-22/h3-5,17,23H,1-2,6-14H2,(H,24,27,28). The summed E-state index contributed by atoms with van der Waals surface area (Å²) < 4.78 is 0. The van der Waals surface area contributed by atoms with Gasteiger partial charge in [-0.25, -0.2) is 0 Å². The Bertz CT molecular complexity index is 862. The second kappa shape index (κ2) is 7.22. The van der Waals surface area contributed by atoms with Gasteiger partial charge in [-0.3, -0.25) is 24.6 Å². The van der Waals surface area contributed by atoms with Crippen LogP contribution in [0.25, 0.3) is 0 Å². The molecule has 1 atom stereocenters. The molecule has 0 bridgehead atoms. The van der Waals surface area contributed by atoms with Crippen molar-refractivity contribution >= 4 is 17.7 Å². The van der Waals surface area contributed by atoms with Crippen molar-refractivity contribution in [2.75, 3.05) is 19.6 Å². The monoisotopic (exact) mass is 396 g/mol. The normalized spacial score (nSPS) is 26.8. The van der Waals surface area contributed by atoms with Crippen molar-refractivity contribution in [2.45, 2.75) is 63.2 Å². The van der Waals surface area contributed by atoms with Crippen LogP contribution in [0.2, 0.25) is 0 Å². The molecule has 2 N–H and O–H groups in total. The van der Waals surface area contributed by atoms with Crippen molar-refractivity contribution in [3.63, 3.8) is 0 Å². The third kappa shape index (κ3) is 3.16. The number of piperazine rings is 1. The molecule has 3 heterocycles. The lowest BCUT2D eigenvalue weighted by atomic mass is 9.91. The van der Waals surface area contributed by atoms with Crippen molar-refractivity contribution in [1.82, 2.24) is 20.4 Å². The molecule has 2 saturated heterocycles. The van der Waals surface area contributed by atoms with E-state index in [-0.39, 0.29) is 29.7 Å². The van der Waals surface area contributed by atoms with E-state index >= 15 is 0 Å². The molecule has 1 saturated carbocycles. The summed E-state index contributed by atoms with van der Waals surface area (Å²) in [5.74, 6) is -0.673. The molecule has 3 amide bonds. The average Bonchev–Trinajstić information content (AvgIpc) is 3.30. The maximum Gasteiger partial charge on any atom is 0.255 e. The van der Waals surface area contributed by atoms with Gasteiger partial charge in [0.05, 0.1) is 0 Å². The van der Waals surface area contributed by atoms with Gasteiger partial charge in [0.25, 0.3) is 5.91 Å². The zero-order valence-electron chi connectivity index (χ0n) is 16.7. The Kier molecular flexibility index (Phi) is 4.67. The molecule has 0 radical (unpaired) electrons. The second-order valence-corrected chi connectivity index (χ2v) is 8.88. The number of hydrogen-bond donors (Lipinski definition) is 2. The summed E-state index contributed by atoms with van der Waals surface area (Å²) in [5, 5.41) is 5.94. The van der Waals surface area contributed by atoms with E-state index in [0.717, 1.165) is 42.9 Å². The molecule has 3 aliphatic heterocycles. The van der Waals surface area contributed by atoms with E-state index in [1.807, 2.05) is 12.1 Å². The van der Waals surface area contributed by atoms with E-state index in [0.29, 0.717) is 13.0 Å². The third-order valence-electron chi connectivity index (χ3n) is 7.22. The van der Waals surface area contributed by atoms with Crippen LogP contribution in [-0.2, 0) is 22.7 Å². The number of hydrogen-bond acceptors (Lipinski definition) is 5. The zero-order valence-corrected chi connectivity index (χ0v) is 16.7. The van der Waals surface area contributed by atoms with Crippen molar-refractivity contribution in [2.24, 2.45) is 0 Å². The molecule has 3 fully saturated rings. The summed E-state index contributed by atoms with van der Waals surface area (Å²) in [6.07, 6.45) is 5.66. The van der Waals surface area contributed by atoms with Crippen molar-refractivity contribution in [3.8, 4) is 0 Å². The van der Waals surface area contributed by atoms with Crippen LogP contribution in [0.3, 0.4) is 0 Å². The van der Waals surface area contributed by atoms with Gasteiger partial charge >= 0.3 is 0 Å². The molecule has 7 nitrogen and oxygen atoms in total. The number of nitrogens with zero attached hydrogens (tertiary/aromatic N) is 2. The highest BCUT2D eigenvalue weighted by atomic mass is 16.2. The minimum atomic E-state index is -0.555. The third-order valence-corrected chi connectivity index (χ3v) is 7.22. The average molecular weight is 396 g/mol. The first-order valence-corrected chi connectivity index (χ1v) is 10.8. The molecule has 0 aromatic heterocycles. The van der Waals surface area contributed by atoms with E-state index < -0.39 is 6.04 Å². The number of fused-ring (bicyclic) bond motifs is 1. The number of imide groups is 1. The maximum absolute atomic E-state index is 13.3. The summed E-state index contributed by atoms with van der Waals surface area (Å²) in [4.78, 5) is 41.4. The molecular formula is C22H28N4O3. The molecule has 1 aromatic carbocycles. The largest absolute Gasteiger partial charge is 0.322 e. The lowest BCUT2D eigenvalue weighted by Gasteiger charge is -2.45. The summed E-state index contributed by atoms with van der Waals surface area (Å²) in [6.45, 7) is 4.22. The Labute approximate surface area is 170 Å². The van der Waals surface area contributed by atoms with Crippen LogP contribution in [-0.4, -0.2) is 58.7 Å². The number of benzene rings is 1. The van der Waals surface area contributed by atoms with Crippen LogP contribution in [0.1, 0.15) is 60.0 Å². The highest BCUT2D eigenvalue weighted by Gasteiger charge is 2.43. The van der Waals surface area contributed by atoms with Crippen LogP contribution in [0, 0.1) is 0 Å². The van der Waals surface area contributed by atoms with E-state index in [1.165, 1.54) is 25.7 Å². The number of carbonyl (C=O) groups is 3. The van der Waals surface area contributed by atoms with Gasteiger partial charge in [0.1, 0.15) is 6.04 Å². The first-order chi connectivity index (χ1) is 14.1. The molecule has 1 aromatic rings.